The van der Waals surface area contributed by atoms with Gasteiger partial charge in [-0.05, 0) is 12.8 Å². The number of hydrogen-bond acceptors (Lipinski definition) is 2. The van der Waals surface area contributed by atoms with Crippen molar-refractivity contribution in [3.63, 3.8) is 0 Å². The lowest BCUT2D eigenvalue weighted by Gasteiger charge is -2.33. The first kappa shape index (κ1) is 11.8. The smallest absolute Gasteiger partial charge is 0.242 e. The maximum Gasteiger partial charge on any atom is 0.242 e. The van der Waals surface area contributed by atoms with Gasteiger partial charge >= 0.3 is 0 Å². The number of nitrogens with two attached hydrogens (primary N) is 1. The van der Waals surface area contributed by atoms with Crippen LogP contribution in [0.1, 0.15) is 20.8 Å². The van der Waals surface area contributed by atoms with Gasteiger partial charge in [-0.3, -0.25) is 9.79 Å². The third-order valence-electron chi connectivity index (χ3n) is 2.41. The Morgan fingerprint density at radius 1 is 1.73 bits per heavy atom. The van der Waals surface area contributed by atoms with Crippen LogP contribution in [0.25, 0.3) is 0 Å². The van der Waals surface area contributed by atoms with Crippen LogP contribution in [0.3, 0.4) is 0 Å². The van der Waals surface area contributed by atoms with Crippen LogP contribution in [-0.4, -0.2) is 42.4 Å². The summed E-state index contributed by atoms with van der Waals surface area (Å²) in [5, 5.41) is 2.79. The van der Waals surface area contributed by atoms with Gasteiger partial charge in [0.2, 0.25) is 5.91 Å². The second-order valence-electron chi connectivity index (χ2n) is 4.25. The number of hydrogen-bond donors (Lipinski definition) is 2. The zero-order chi connectivity index (χ0) is 11.4. The number of guanidine groups is 1. The Morgan fingerprint density at radius 2 is 2.40 bits per heavy atom. The average Bonchev–Trinajstić information content (AvgIpc) is 2.18. The van der Waals surface area contributed by atoms with E-state index in [1.54, 1.807) is 0 Å². The molecule has 1 unspecified atom stereocenters. The van der Waals surface area contributed by atoms with Crippen LogP contribution in [0.2, 0.25) is 0 Å². The molecule has 0 bridgehead atoms. The highest BCUT2D eigenvalue weighted by molar-refractivity contribution is 5.89. The van der Waals surface area contributed by atoms with E-state index in [1.807, 2.05) is 11.8 Å². The summed E-state index contributed by atoms with van der Waals surface area (Å²) in [7, 11) is 0. The fourth-order valence-corrected chi connectivity index (χ4v) is 1.46. The molecule has 0 aromatic rings. The van der Waals surface area contributed by atoms with Gasteiger partial charge in [-0.1, -0.05) is 13.8 Å². The highest BCUT2D eigenvalue weighted by Gasteiger charge is 2.26. The lowest BCUT2D eigenvalue weighted by Crippen LogP contribution is -2.57. The molecule has 0 aromatic heterocycles. The van der Waals surface area contributed by atoms with Crippen LogP contribution in [0.5, 0.6) is 0 Å². The summed E-state index contributed by atoms with van der Waals surface area (Å²) in [4.78, 5) is 17.5. The van der Waals surface area contributed by atoms with Gasteiger partial charge in [0.1, 0.15) is 6.04 Å². The predicted molar refractivity (Wildman–Crippen MR) is 60.5 cm³/mol. The van der Waals surface area contributed by atoms with Crippen LogP contribution in [0.4, 0.5) is 0 Å². The Morgan fingerprint density at radius 3 is 3.00 bits per heavy atom. The average molecular weight is 212 g/mol. The van der Waals surface area contributed by atoms with Crippen molar-refractivity contribution in [1.82, 2.24) is 10.2 Å². The summed E-state index contributed by atoms with van der Waals surface area (Å²) in [5.74, 6) is 0.979. The number of rotatable bonds is 2. The number of piperazine rings is 1. The highest BCUT2D eigenvalue weighted by atomic mass is 16.2. The molecule has 86 valence electrons. The summed E-state index contributed by atoms with van der Waals surface area (Å²) in [6.07, 6.45) is 0. The van der Waals surface area contributed by atoms with Crippen molar-refractivity contribution in [1.29, 1.82) is 0 Å². The van der Waals surface area contributed by atoms with Gasteiger partial charge < -0.3 is 16.0 Å². The molecule has 15 heavy (non-hydrogen) atoms. The zero-order valence-electron chi connectivity index (χ0n) is 9.66. The maximum absolute atomic E-state index is 11.4. The largest absolute Gasteiger partial charge is 0.370 e. The number of nitrogens with zero attached hydrogens (tertiary/aromatic N) is 2. The zero-order valence-corrected chi connectivity index (χ0v) is 9.66. The van der Waals surface area contributed by atoms with Gasteiger partial charge in [0.05, 0.1) is 0 Å². The van der Waals surface area contributed by atoms with E-state index in [0.29, 0.717) is 25.0 Å². The van der Waals surface area contributed by atoms with E-state index in [4.69, 9.17) is 5.73 Å². The van der Waals surface area contributed by atoms with E-state index in [1.165, 1.54) is 0 Å². The Labute approximate surface area is 90.7 Å². The second-order valence-corrected chi connectivity index (χ2v) is 4.25. The van der Waals surface area contributed by atoms with Crippen molar-refractivity contribution in [2.24, 2.45) is 16.6 Å². The minimum absolute atomic E-state index is 0.0175. The normalized spacial score (nSPS) is 23.2. The molecular weight excluding hydrogens is 192 g/mol. The number of nitrogens with one attached hydrogen (secondary N) is 1. The van der Waals surface area contributed by atoms with Gasteiger partial charge in [0.25, 0.3) is 0 Å². The SMILES string of the molecule is CC(C)CN=C(N)N1CCNC(=O)C1C. The minimum Gasteiger partial charge on any atom is -0.370 e. The van der Waals surface area contributed by atoms with Crippen LogP contribution >= 0.6 is 0 Å². The van der Waals surface area contributed by atoms with Crippen molar-refractivity contribution >= 4 is 11.9 Å². The van der Waals surface area contributed by atoms with Crippen molar-refractivity contribution in [2.75, 3.05) is 19.6 Å². The molecule has 1 heterocycles. The summed E-state index contributed by atoms with van der Waals surface area (Å²) < 4.78 is 0. The first-order chi connectivity index (χ1) is 7.02. The minimum atomic E-state index is -0.213. The molecule has 0 aliphatic carbocycles. The van der Waals surface area contributed by atoms with Gasteiger partial charge in [-0.25, -0.2) is 0 Å². The van der Waals surface area contributed by atoms with Crippen LogP contribution in [-0.2, 0) is 4.79 Å². The summed E-state index contributed by atoms with van der Waals surface area (Å²) in [6.45, 7) is 8.09. The molecule has 1 fully saturated rings. The Hall–Kier alpha value is -1.26. The molecule has 0 saturated carbocycles. The van der Waals surface area contributed by atoms with E-state index in [0.717, 1.165) is 6.54 Å². The second kappa shape index (κ2) is 5.00. The van der Waals surface area contributed by atoms with E-state index >= 15 is 0 Å². The molecule has 0 spiro atoms. The fourth-order valence-electron chi connectivity index (χ4n) is 1.46. The molecule has 0 radical (unpaired) electrons. The van der Waals surface area contributed by atoms with Crippen molar-refractivity contribution < 1.29 is 4.79 Å². The van der Waals surface area contributed by atoms with Gasteiger partial charge in [0.15, 0.2) is 5.96 Å². The Balaban J connectivity index is 2.61. The standard InChI is InChI=1S/C10H20N4O/c1-7(2)6-13-10(11)14-5-4-12-9(15)8(14)3/h7-8H,4-6H2,1-3H3,(H2,11,13)(H,12,15). The fraction of sp³-hybridized carbons (Fsp3) is 0.800. The summed E-state index contributed by atoms with van der Waals surface area (Å²) in [6, 6.07) is -0.213. The molecule has 0 aromatic carbocycles. The number of carbonyl (C=O) groups is 1. The third-order valence-corrected chi connectivity index (χ3v) is 2.41. The van der Waals surface area contributed by atoms with E-state index in [9.17, 15) is 4.79 Å². The van der Waals surface area contributed by atoms with E-state index < -0.39 is 0 Å². The molecule has 1 rings (SSSR count). The van der Waals surface area contributed by atoms with Crippen molar-refractivity contribution in [3.8, 4) is 0 Å². The monoisotopic (exact) mass is 212 g/mol. The van der Waals surface area contributed by atoms with Gasteiger partial charge in [-0.2, -0.15) is 0 Å². The number of carbonyl (C=O) groups excluding carboxylic acids is 1. The highest BCUT2D eigenvalue weighted by Crippen LogP contribution is 2.03. The molecule has 5 nitrogen and oxygen atoms in total. The molecule has 1 saturated heterocycles. The molecule has 1 amide bonds. The van der Waals surface area contributed by atoms with Crippen molar-refractivity contribution in [2.45, 2.75) is 26.8 Å². The summed E-state index contributed by atoms with van der Waals surface area (Å²) >= 11 is 0. The quantitative estimate of drug-likeness (QED) is 0.491. The molecule has 3 N–H and O–H groups in total. The van der Waals surface area contributed by atoms with E-state index in [-0.39, 0.29) is 11.9 Å². The number of amides is 1. The molecule has 1 aliphatic heterocycles. The maximum atomic E-state index is 11.4. The van der Waals surface area contributed by atoms with Crippen LogP contribution < -0.4 is 11.1 Å². The molecular formula is C10H20N4O. The van der Waals surface area contributed by atoms with Gasteiger partial charge in [-0.15, -0.1) is 0 Å². The lowest BCUT2D eigenvalue weighted by atomic mass is 10.2. The van der Waals surface area contributed by atoms with Gasteiger partial charge in [0, 0.05) is 19.6 Å². The first-order valence-corrected chi connectivity index (χ1v) is 5.36. The van der Waals surface area contributed by atoms with E-state index in [2.05, 4.69) is 24.2 Å². The van der Waals surface area contributed by atoms with Crippen LogP contribution in [0.15, 0.2) is 4.99 Å². The predicted octanol–water partition coefficient (Wildman–Crippen LogP) is -0.223. The molecule has 5 heteroatoms. The Bertz CT molecular complexity index is 262. The summed E-state index contributed by atoms with van der Waals surface area (Å²) in [5.41, 5.74) is 5.85. The molecule has 1 aliphatic rings. The first-order valence-electron chi connectivity index (χ1n) is 5.36. The molecule has 1 atom stereocenters. The Kier molecular flexibility index (Phi) is 3.94. The topological polar surface area (TPSA) is 70.7 Å². The number of aliphatic imine (C=N–C) groups is 1. The lowest BCUT2D eigenvalue weighted by molar-refractivity contribution is -0.126. The third kappa shape index (κ3) is 3.11. The van der Waals surface area contributed by atoms with Crippen molar-refractivity contribution in [3.05, 3.63) is 0 Å². The van der Waals surface area contributed by atoms with Crippen LogP contribution in [0, 0.1) is 5.92 Å².